The van der Waals surface area contributed by atoms with E-state index in [4.69, 9.17) is 15.2 Å². The zero-order valence-electron chi connectivity index (χ0n) is 22.6. The molecule has 2 aromatic carbocycles. The van der Waals surface area contributed by atoms with Crippen molar-refractivity contribution in [3.8, 4) is 11.3 Å². The lowest BCUT2D eigenvalue weighted by Crippen LogP contribution is -2.49. The van der Waals surface area contributed by atoms with Crippen LogP contribution in [0.4, 0.5) is 21.9 Å². The number of nitrogens with two attached hydrogens (primary N) is 1. The zero-order valence-corrected chi connectivity index (χ0v) is 22.6. The molecule has 1 saturated heterocycles. The summed E-state index contributed by atoms with van der Waals surface area (Å²) in [5, 5.41) is 8.76. The molecule has 0 spiro atoms. The summed E-state index contributed by atoms with van der Waals surface area (Å²) in [6.07, 6.45) is 6.13. The predicted molar refractivity (Wildman–Crippen MR) is 155 cm³/mol. The summed E-state index contributed by atoms with van der Waals surface area (Å²) < 4.78 is 23.2. The number of anilines is 3. The number of halogens is 1. The number of aromatic nitrogens is 4. The third-order valence-electron chi connectivity index (χ3n) is 8.49. The third-order valence-corrected chi connectivity index (χ3v) is 8.49. The van der Waals surface area contributed by atoms with Crippen LogP contribution in [0.5, 0.6) is 0 Å². The molecule has 3 aromatic heterocycles. The summed E-state index contributed by atoms with van der Waals surface area (Å²) in [6, 6.07) is 15.5. The first-order chi connectivity index (χ1) is 19.5. The molecule has 206 valence electrons. The van der Waals surface area contributed by atoms with Gasteiger partial charge in [-0.15, -0.1) is 0 Å². The van der Waals surface area contributed by atoms with Crippen molar-refractivity contribution in [3.05, 3.63) is 60.5 Å². The highest BCUT2D eigenvalue weighted by molar-refractivity contribution is 6.00. The van der Waals surface area contributed by atoms with Crippen molar-refractivity contribution in [2.24, 2.45) is 0 Å². The summed E-state index contributed by atoms with van der Waals surface area (Å²) in [4.78, 5) is 13.8. The molecule has 40 heavy (non-hydrogen) atoms. The van der Waals surface area contributed by atoms with Gasteiger partial charge in [0.1, 0.15) is 22.8 Å². The lowest BCUT2D eigenvalue weighted by molar-refractivity contribution is 0.0816. The second-order valence-corrected chi connectivity index (χ2v) is 11.0. The van der Waals surface area contributed by atoms with Crippen LogP contribution in [-0.2, 0) is 0 Å². The highest BCUT2D eigenvalue weighted by atomic mass is 19.1. The fourth-order valence-corrected chi connectivity index (χ4v) is 6.25. The van der Waals surface area contributed by atoms with Gasteiger partial charge in [0, 0.05) is 44.0 Å². The van der Waals surface area contributed by atoms with Gasteiger partial charge in [0.2, 0.25) is 0 Å². The Kier molecular flexibility index (Phi) is 6.36. The first-order valence-corrected chi connectivity index (χ1v) is 14.0. The van der Waals surface area contributed by atoms with E-state index in [0.29, 0.717) is 34.2 Å². The molecular formula is C30H33FN8O. The summed E-state index contributed by atoms with van der Waals surface area (Å²) in [6.45, 7) is 4.56. The number of piperazine rings is 1. The van der Waals surface area contributed by atoms with Gasteiger partial charge in [-0.25, -0.2) is 9.37 Å². The van der Waals surface area contributed by atoms with Gasteiger partial charge in [-0.2, -0.15) is 10.1 Å². The van der Waals surface area contributed by atoms with Gasteiger partial charge in [-0.1, -0.05) is 18.2 Å². The van der Waals surface area contributed by atoms with Gasteiger partial charge < -0.3 is 20.4 Å². The number of hydrogen-bond acceptors (Lipinski definition) is 8. The predicted octanol–water partition coefficient (Wildman–Crippen LogP) is 5.44. The number of likely N-dealkylation sites (N-methyl/N-ethyl adjacent to an activating group) is 1. The van der Waals surface area contributed by atoms with Gasteiger partial charge in [0.25, 0.3) is 6.01 Å². The van der Waals surface area contributed by atoms with E-state index in [0.717, 1.165) is 62.8 Å². The summed E-state index contributed by atoms with van der Waals surface area (Å²) in [7, 11) is 2.20. The van der Waals surface area contributed by atoms with Crippen LogP contribution < -0.4 is 11.1 Å². The Morgan fingerprint density at radius 3 is 2.52 bits per heavy atom. The minimum atomic E-state index is -0.433. The first kappa shape index (κ1) is 25.0. The number of nitrogens with one attached hydrogen (secondary N) is 1. The van der Waals surface area contributed by atoms with E-state index in [1.54, 1.807) is 12.3 Å². The number of rotatable bonds is 5. The van der Waals surface area contributed by atoms with E-state index in [1.165, 1.54) is 6.07 Å². The average Bonchev–Trinajstić information content (AvgIpc) is 3.57. The van der Waals surface area contributed by atoms with Crippen LogP contribution in [0.15, 0.2) is 59.1 Å². The van der Waals surface area contributed by atoms with Crippen LogP contribution in [0.1, 0.15) is 31.7 Å². The minimum Gasteiger partial charge on any atom is -0.423 e. The quantitative estimate of drug-likeness (QED) is 0.304. The van der Waals surface area contributed by atoms with E-state index in [1.807, 2.05) is 36.4 Å². The molecule has 1 saturated carbocycles. The maximum atomic E-state index is 15.4. The van der Waals surface area contributed by atoms with Crippen LogP contribution >= 0.6 is 0 Å². The normalized spacial score (nSPS) is 20.9. The standard InChI is InChI=1S/C30H33FN8O/c1-37-14-16-38(17-15-37)20-7-9-21(10-8-20)39-25-12-13-33-29(32)27(25)28(36-39)19-6-11-23(22(31)18-19)34-30-35-24-4-2-3-5-26(24)40-30/h2-6,11-13,18,20-21H,7-10,14-17H2,1H3,(H2,32,33)(H,34,35). The molecule has 5 aromatic rings. The molecular weight excluding hydrogens is 507 g/mol. The van der Waals surface area contributed by atoms with E-state index < -0.39 is 5.82 Å². The molecule has 10 heteroatoms. The van der Waals surface area contributed by atoms with E-state index in [-0.39, 0.29) is 17.7 Å². The Morgan fingerprint density at radius 2 is 1.75 bits per heavy atom. The molecule has 1 aliphatic heterocycles. The molecule has 0 bridgehead atoms. The lowest BCUT2D eigenvalue weighted by Gasteiger charge is -2.41. The number of hydrogen-bond donors (Lipinski definition) is 2. The number of benzene rings is 2. The number of nitrogen functional groups attached to an aromatic ring is 1. The maximum Gasteiger partial charge on any atom is 0.300 e. The maximum absolute atomic E-state index is 15.4. The molecule has 0 atom stereocenters. The molecule has 3 N–H and O–H groups in total. The molecule has 2 fully saturated rings. The molecule has 0 unspecified atom stereocenters. The number of pyridine rings is 1. The molecule has 0 amide bonds. The van der Waals surface area contributed by atoms with Gasteiger partial charge in [-0.3, -0.25) is 9.58 Å². The van der Waals surface area contributed by atoms with Crippen molar-refractivity contribution in [1.29, 1.82) is 0 Å². The second kappa shape index (κ2) is 10.2. The van der Waals surface area contributed by atoms with Crippen molar-refractivity contribution in [1.82, 2.24) is 29.5 Å². The Labute approximate surface area is 231 Å². The fourth-order valence-electron chi connectivity index (χ4n) is 6.25. The molecule has 7 rings (SSSR count). The van der Waals surface area contributed by atoms with Gasteiger partial charge in [-0.05, 0) is 63.1 Å². The number of nitrogens with zero attached hydrogens (tertiary/aromatic N) is 6. The summed E-state index contributed by atoms with van der Waals surface area (Å²) in [5.41, 5.74) is 10.2. The van der Waals surface area contributed by atoms with Crippen molar-refractivity contribution in [3.63, 3.8) is 0 Å². The Balaban J connectivity index is 1.15. The summed E-state index contributed by atoms with van der Waals surface area (Å²) in [5.74, 6) is -0.0310. The van der Waals surface area contributed by atoms with Crippen molar-refractivity contribution in [2.45, 2.75) is 37.8 Å². The van der Waals surface area contributed by atoms with Crippen LogP contribution in [0, 0.1) is 5.82 Å². The zero-order chi connectivity index (χ0) is 27.2. The second-order valence-electron chi connectivity index (χ2n) is 11.0. The van der Waals surface area contributed by atoms with E-state index in [9.17, 15) is 0 Å². The average molecular weight is 541 g/mol. The highest BCUT2D eigenvalue weighted by Gasteiger charge is 2.30. The smallest absolute Gasteiger partial charge is 0.300 e. The summed E-state index contributed by atoms with van der Waals surface area (Å²) >= 11 is 0. The Bertz CT molecular complexity index is 1630. The number of fused-ring (bicyclic) bond motifs is 2. The van der Waals surface area contributed by atoms with Crippen LogP contribution in [0.25, 0.3) is 33.3 Å². The van der Waals surface area contributed by atoms with Crippen molar-refractivity contribution >= 4 is 39.5 Å². The van der Waals surface area contributed by atoms with Crippen LogP contribution in [-0.4, -0.2) is 68.8 Å². The largest absolute Gasteiger partial charge is 0.423 e. The van der Waals surface area contributed by atoms with E-state index in [2.05, 4.69) is 36.8 Å². The van der Waals surface area contributed by atoms with Gasteiger partial charge in [0.15, 0.2) is 5.58 Å². The van der Waals surface area contributed by atoms with Crippen LogP contribution in [0.3, 0.4) is 0 Å². The topological polar surface area (TPSA) is 101 Å². The molecule has 2 aliphatic rings. The first-order valence-electron chi connectivity index (χ1n) is 14.0. The van der Waals surface area contributed by atoms with Crippen molar-refractivity contribution < 1.29 is 8.81 Å². The Hall–Kier alpha value is -4.02. The molecule has 4 heterocycles. The number of para-hydroxylation sites is 2. The molecule has 9 nitrogen and oxygen atoms in total. The minimum absolute atomic E-state index is 0.239. The van der Waals surface area contributed by atoms with Gasteiger partial charge >= 0.3 is 0 Å². The van der Waals surface area contributed by atoms with Crippen molar-refractivity contribution in [2.75, 3.05) is 44.3 Å². The molecule has 0 radical (unpaired) electrons. The van der Waals surface area contributed by atoms with Crippen LogP contribution in [0.2, 0.25) is 0 Å². The van der Waals surface area contributed by atoms with E-state index >= 15 is 4.39 Å². The lowest BCUT2D eigenvalue weighted by atomic mass is 9.89. The Morgan fingerprint density at radius 1 is 0.975 bits per heavy atom. The third kappa shape index (κ3) is 4.56. The van der Waals surface area contributed by atoms with Gasteiger partial charge in [0.05, 0.1) is 22.6 Å². The highest BCUT2D eigenvalue weighted by Crippen LogP contribution is 2.38. The number of oxazole rings is 1. The fraction of sp³-hybridized carbons (Fsp3) is 0.367. The SMILES string of the molecule is CN1CCN(C2CCC(n3nc(-c4ccc(Nc5nc6ccccc6o5)c(F)c4)c4c(N)nccc43)CC2)CC1. The molecule has 1 aliphatic carbocycles. The monoisotopic (exact) mass is 540 g/mol.